The maximum absolute atomic E-state index is 6.04. The minimum absolute atomic E-state index is 0.316. The third-order valence-corrected chi connectivity index (χ3v) is 4.73. The number of nitrogens with zero attached hydrogens (tertiary/aromatic N) is 4. The lowest BCUT2D eigenvalue weighted by atomic mass is 9.98. The maximum Gasteiger partial charge on any atom is 0.0946 e. The first-order valence-electron chi connectivity index (χ1n) is 7.44. The van der Waals surface area contributed by atoms with Gasteiger partial charge in [-0.2, -0.15) is 0 Å². The van der Waals surface area contributed by atoms with Gasteiger partial charge in [0.1, 0.15) is 0 Å². The molecule has 2 aliphatic rings. The molecule has 5 nitrogen and oxygen atoms in total. The van der Waals surface area contributed by atoms with E-state index in [4.69, 9.17) is 5.73 Å². The maximum atomic E-state index is 6.04. The van der Waals surface area contributed by atoms with E-state index >= 15 is 0 Å². The number of fused-ring (bicyclic) bond motifs is 1. The topological polar surface area (TPSA) is 50.3 Å². The van der Waals surface area contributed by atoms with E-state index in [0.29, 0.717) is 12.6 Å². The Morgan fingerprint density at radius 1 is 1.37 bits per heavy atom. The van der Waals surface area contributed by atoms with Gasteiger partial charge in [0.2, 0.25) is 0 Å². The molecule has 3 rings (SSSR count). The molecule has 0 bridgehead atoms. The number of aromatic nitrogens is 2. The molecule has 106 valence electrons. The van der Waals surface area contributed by atoms with Gasteiger partial charge < -0.3 is 10.3 Å². The van der Waals surface area contributed by atoms with Crippen LogP contribution in [0.4, 0.5) is 0 Å². The molecule has 0 amide bonds. The summed E-state index contributed by atoms with van der Waals surface area (Å²) in [6.45, 7) is 5.44. The minimum atomic E-state index is 0.316. The van der Waals surface area contributed by atoms with E-state index in [-0.39, 0.29) is 0 Å². The second-order valence-electron chi connectivity index (χ2n) is 5.86. The first-order chi connectivity index (χ1) is 9.29. The average molecular weight is 263 g/mol. The Morgan fingerprint density at radius 3 is 3.00 bits per heavy atom. The monoisotopic (exact) mass is 263 g/mol. The third kappa shape index (κ3) is 2.55. The number of hydrogen-bond donors (Lipinski definition) is 1. The number of imidazole rings is 1. The summed E-state index contributed by atoms with van der Waals surface area (Å²) in [5.41, 5.74) is 7.28. The summed E-state index contributed by atoms with van der Waals surface area (Å²) in [6, 6.07) is 1.06. The fourth-order valence-corrected chi connectivity index (χ4v) is 3.61. The zero-order chi connectivity index (χ0) is 13.2. The van der Waals surface area contributed by atoms with Crippen molar-refractivity contribution >= 4 is 0 Å². The molecule has 0 spiro atoms. The Bertz CT molecular complexity index is 416. The molecule has 2 fully saturated rings. The molecule has 2 N–H and O–H groups in total. The van der Waals surface area contributed by atoms with E-state index in [2.05, 4.69) is 26.4 Å². The molecule has 5 heteroatoms. The second-order valence-corrected chi connectivity index (χ2v) is 5.86. The normalized spacial score (nSPS) is 27.2. The quantitative estimate of drug-likeness (QED) is 0.867. The van der Waals surface area contributed by atoms with Crippen LogP contribution in [0.3, 0.4) is 0 Å². The standard InChI is InChI=1S/C14H25N5/c1-17-11-16-9-14(17)13(8-15)19-7-6-18-5-3-2-4-12(18)10-19/h9,11-13H,2-8,10,15H2,1H3. The highest BCUT2D eigenvalue weighted by atomic mass is 15.3. The van der Waals surface area contributed by atoms with Crippen LogP contribution in [0, 0.1) is 0 Å². The SMILES string of the molecule is Cn1cncc1C(CN)N1CCN2CCCCC2C1. The molecule has 1 aromatic heterocycles. The smallest absolute Gasteiger partial charge is 0.0946 e. The van der Waals surface area contributed by atoms with E-state index in [1.165, 1.54) is 38.0 Å². The second kappa shape index (κ2) is 5.61. The fourth-order valence-electron chi connectivity index (χ4n) is 3.61. The molecule has 0 saturated carbocycles. The molecule has 0 aliphatic carbocycles. The number of hydrogen-bond acceptors (Lipinski definition) is 4. The van der Waals surface area contributed by atoms with Crippen LogP contribution >= 0.6 is 0 Å². The molecular formula is C14H25N5. The molecular weight excluding hydrogens is 238 g/mol. The van der Waals surface area contributed by atoms with Gasteiger partial charge in [-0.3, -0.25) is 9.80 Å². The largest absolute Gasteiger partial charge is 0.336 e. The van der Waals surface area contributed by atoms with Crippen LogP contribution in [0.2, 0.25) is 0 Å². The van der Waals surface area contributed by atoms with Gasteiger partial charge in [-0.1, -0.05) is 6.42 Å². The lowest BCUT2D eigenvalue weighted by molar-refractivity contribution is 0.0271. The van der Waals surface area contributed by atoms with E-state index in [0.717, 1.165) is 19.1 Å². The number of aryl methyl sites for hydroxylation is 1. The summed E-state index contributed by atoms with van der Waals surface area (Å²) in [5, 5.41) is 0. The Labute approximate surface area is 115 Å². The zero-order valence-electron chi connectivity index (χ0n) is 11.8. The van der Waals surface area contributed by atoms with Crippen LogP contribution in [0.15, 0.2) is 12.5 Å². The third-order valence-electron chi connectivity index (χ3n) is 4.73. The summed E-state index contributed by atoms with van der Waals surface area (Å²) >= 11 is 0. The minimum Gasteiger partial charge on any atom is -0.336 e. The lowest BCUT2D eigenvalue weighted by Crippen LogP contribution is -2.56. The van der Waals surface area contributed by atoms with E-state index in [1.807, 2.05) is 12.5 Å². The zero-order valence-corrected chi connectivity index (χ0v) is 11.8. The van der Waals surface area contributed by atoms with Gasteiger partial charge in [0.25, 0.3) is 0 Å². The van der Waals surface area contributed by atoms with Gasteiger partial charge in [0.15, 0.2) is 0 Å². The van der Waals surface area contributed by atoms with Gasteiger partial charge in [-0.05, 0) is 19.4 Å². The van der Waals surface area contributed by atoms with Gasteiger partial charge in [-0.25, -0.2) is 4.98 Å². The molecule has 2 atom stereocenters. The molecule has 2 saturated heterocycles. The first kappa shape index (κ1) is 13.1. The van der Waals surface area contributed by atoms with Crippen molar-refractivity contribution < 1.29 is 0 Å². The highest BCUT2D eigenvalue weighted by molar-refractivity contribution is 5.07. The van der Waals surface area contributed by atoms with Crippen LogP contribution in [0.1, 0.15) is 31.0 Å². The summed E-state index contributed by atoms with van der Waals surface area (Å²) < 4.78 is 2.10. The summed E-state index contributed by atoms with van der Waals surface area (Å²) in [7, 11) is 2.06. The molecule has 1 aromatic rings. The van der Waals surface area contributed by atoms with Gasteiger partial charge in [-0.15, -0.1) is 0 Å². The van der Waals surface area contributed by atoms with Crippen molar-refractivity contribution in [1.29, 1.82) is 0 Å². The Balaban J connectivity index is 1.72. The molecule has 0 radical (unpaired) electrons. The van der Waals surface area contributed by atoms with Crippen molar-refractivity contribution in [3.63, 3.8) is 0 Å². The van der Waals surface area contributed by atoms with E-state index in [9.17, 15) is 0 Å². The summed E-state index contributed by atoms with van der Waals surface area (Å²) in [5.74, 6) is 0. The van der Waals surface area contributed by atoms with Crippen molar-refractivity contribution in [2.75, 3.05) is 32.7 Å². The number of nitrogens with two attached hydrogens (primary N) is 1. The molecule has 3 heterocycles. The van der Waals surface area contributed by atoms with Crippen molar-refractivity contribution in [3.05, 3.63) is 18.2 Å². The fraction of sp³-hybridized carbons (Fsp3) is 0.786. The average Bonchev–Trinajstić information content (AvgIpc) is 2.86. The molecule has 0 aromatic carbocycles. The van der Waals surface area contributed by atoms with Crippen LogP contribution < -0.4 is 5.73 Å². The Hall–Kier alpha value is -0.910. The van der Waals surface area contributed by atoms with Crippen LogP contribution in [0.25, 0.3) is 0 Å². The van der Waals surface area contributed by atoms with Crippen molar-refractivity contribution in [3.8, 4) is 0 Å². The van der Waals surface area contributed by atoms with Gasteiger partial charge >= 0.3 is 0 Å². The van der Waals surface area contributed by atoms with Crippen molar-refractivity contribution in [2.45, 2.75) is 31.3 Å². The predicted molar refractivity (Wildman–Crippen MR) is 75.8 cm³/mol. The highest BCUT2D eigenvalue weighted by Gasteiger charge is 2.32. The van der Waals surface area contributed by atoms with Gasteiger partial charge in [0.05, 0.1) is 18.1 Å². The summed E-state index contributed by atoms with van der Waals surface area (Å²) in [6.07, 6.45) is 7.94. The number of piperazine rings is 1. The highest BCUT2D eigenvalue weighted by Crippen LogP contribution is 2.26. The lowest BCUT2D eigenvalue weighted by Gasteiger charge is -2.46. The predicted octanol–water partition coefficient (Wildman–Crippen LogP) is 0.590. The first-order valence-corrected chi connectivity index (χ1v) is 7.44. The Kier molecular flexibility index (Phi) is 3.86. The summed E-state index contributed by atoms with van der Waals surface area (Å²) in [4.78, 5) is 9.46. The van der Waals surface area contributed by atoms with E-state index < -0.39 is 0 Å². The van der Waals surface area contributed by atoms with Gasteiger partial charge in [0, 0.05) is 45.5 Å². The van der Waals surface area contributed by atoms with Crippen molar-refractivity contribution in [1.82, 2.24) is 19.4 Å². The molecule has 2 unspecified atom stereocenters. The van der Waals surface area contributed by atoms with Crippen molar-refractivity contribution in [2.24, 2.45) is 12.8 Å². The van der Waals surface area contributed by atoms with Crippen LogP contribution in [-0.4, -0.2) is 58.1 Å². The molecule has 19 heavy (non-hydrogen) atoms. The number of piperidine rings is 1. The molecule has 2 aliphatic heterocycles. The van der Waals surface area contributed by atoms with Crippen LogP contribution in [0.5, 0.6) is 0 Å². The van der Waals surface area contributed by atoms with E-state index in [1.54, 1.807) is 0 Å². The number of rotatable bonds is 3. The Morgan fingerprint density at radius 2 is 2.26 bits per heavy atom. The van der Waals surface area contributed by atoms with Crippen LogP contribution in [-0.2, 0) is 7.05 Å².